The zero-order valence-corrected chi connectivity index (χ0v) is 15.0. The van der Waals surface area contributed by atoms with E-state index in [1.54, 1.807) is 0 Å². The predicted molar refractivity (Wildman–Crippen MR) is 97.5 cm³/mol. The number of hydrogen-bond donors (Lipinski definition) is 0. The highest BCUT2D eigenvalue weighted by molar-refractivity contribution is 5.69. The Morgan fingerprint density at radius 2 is 1.96 bits per heavy atom. The topological polar surface area (TPSA) is 118 Å². The molecule has 0 saturated heterocycles. The zero-order valence-electron chi connectivity index (χ0n) is 15.0. The highest BCUT2D eigenvalue weighted by Gasteiger charge is 2.13. The van der Waals surface area contributed by atoms with Crippen LogP contribution in [0.25, 0.3) is 11.5 Å². The molecule has 0 atom stereocenters. The van der Waals surface area contributed by atoms with Crippen molar-refractivity contribution in [3.63, 3.8) is 0 Å². The second-order valence-electron chi connectivity index (χ2n) is 5.88. The summed E-state index contributed by atoms with van der Waals surface area (Å²) in [5.74, 6) is 0.546. The summed E-state index contributed by atoms with van der Waals surface area (Å²) >= 11 is 0. The maximum Gasteiger partial charge on any atom is 0.309 e. The molecule has 1 heterocycles. The molecule has 0 aliphatic heterocycles. The number of non-ortho nitro benzene ring substituents is 1. The maximum absolute atomic E-state index is 11.8. The lowest BCUT2D eigenvalue weighted by atomic mass is 10.2. The molecule has 0 aliphatic carbocycles. The number of hydrogen-bond acceptors (Lipinski definition) is 8. The van der Waals surface area contributed by atoms with Gasteiger partial charge in [0.2, 0.25) is 5.89 Å². The van der Waals surface area contributed by atoms with Crippen molar-refractivity contribution in [2.45, 2.75) is 20.0 Å². The number of rotatable bonds is 8. The summed E-state index contributed by atoms with van der Waals surface area (Å²) in [7, 11) is 0. The number of ether oxygens (including phenoxy) is 2. The lowest BCUT2D eigenvalue weighted by Gasteiger charge is -2.06. The van der Waals surface area contributed by atoms with Crippen LogP contribution < -0.4 is 4.74 Å². The molecule has 9 heteroatoms. The van der Waals surface area contributed by atoms with Crippen LogP contribution in [-0.2, 0) is 16.1 Å². The van der Waals surface area contributed by atoms with E-state index < -0.39 is 10.9 Å². The van der Waals surface area contributed by atoms with Gasteiger partial charge in [0.15, 0.2) is 6.61 Å². The van der Waals surface area contributed by atoms with Gasteiger partial charge in [-0.05, 0) is 36.8 Å². The number of aryl methyl sites for hydroxylation is 1. The van der Waals surface area contributed by atoms with Crippen molar-refractivity contribution in [1.29, 1.82) is 0 Å². The van der Waals surface area contributed by atoms with Crippen LogP contribution in [0.2, 0.25) is 0 Å². The Labute approximate surface area is 160 Å². The van der Waals surface area contributed by atoms with Gasteiger partial charge in [0.1, 0.15) is 5.75 Å². The monoisotopic (exact) mass is 383 g/mol. The van der Waals surface area contributed by atoms with Crippen LogP contribution >= 0.6 is 0 Å². The third-order valence-corrected chi connectivity index (χ3v) is 3.71. The molecule has 0 N–H and O–H groups in total. The molecular weight excluding hydrogens is 366 g/mol. The SMILES string of the molecule is Cc1cccc(OCCC(=O)OCc2nnc(-c3ccc([N+](=O)[O-])cc3)o2)c1. The molecule has 1 aromatic heterocycles. The van der Waals surface area contributed by atoms with Gasteiger partial charge >= 0.3 is 5.97 Å². The Bertz CT molecular complexity index is 968. The van der Waals surface area contributed by atoms with E-state index in [0.29, 0.717) is 11.3 Å². The van der Waals surface area contributed by atoms with E-state index in [0.717, 1.165) is 5.56 Å². The maximum atomic E-state index is 11.8. The van der Waals surface area contributed by atoms with Crippen LogP contribution in [0.1, 0.15) is 17.9 Å². The first-order valence-electron chi connectivity index (χ1n) is 8.43. The van der Waals surface area contributed by atoms with Crippen LogP contribution in [0, 0.1) is 17.0 Å². The fourth-order valence-corrected chi connectivity index (χ4v) is 2.33. The summed E-state index contributed by atoms with van der Waals surface area (Å²) in [6.45, 7) is 1.99. The van der Waals surface area contributed by atoms with Gasteiger partial charge < -0.3 is 13.9 Å². The van der Waals surface area contributed by atoms with Gasteiger partial charge in [-0.1, -0.05) is 12.1 Å². The molecule has 3 rings (SSSR count). The van der Waals surface area contributed by atoms with Crippen molar-refractivity contribution in [3.05, 3.63) is 70.1 Å². The van der Waals surface area contributed by atoms with E-state index in [1.807, 2.05) is 31.2 Å². The molecule has 0 amide bonds. The van der Waals surface area contributed by atoms with E-state index in [4.69, 9.17) is 13.9 Å². The molecule has 0 aliphatic rings. The smallest absolute Gasteiger partial charge is 0.309 e. The molecule has 0 spiro atoms. The fraction of sp³-hybridized carbons (Fsp3) is 0.211. The number of carbonyl (C=O) groups is 1. The van der Waals surface area contributed by atoms with Gasteiger partial charge in [-0.3, -0.25) is 14.9 Å². The summed E-state index contributed by atoms with van der Waals surface area (Å²) in [6.07, 6.45) is 0.0806. The number of nitrogens with zero attached hydrogens (tertiary/aromatic N) is 3. The molecule has 2 aromatic carbocycles. The normalized spacial score (nSPS) is 10.5. The average molecular weight is 383 g/mol. The summed E-state index contributed by atoms with van der Waals surface area (Å²) in [6, 6.07) is 13.2. The molecular formula is C19H17N3O6. The summed E-state index contributed by atoms with van der Waals surface area (Å²) in [4.78, 5) is 22.0. The molecule has 0 radical (unpaired) electrons. The van der Waals surface area contributed by atoms with E-state index in [2.05, 4.69) is 10.2 Å². The van der Waals surface area contributed by atoms with Gasteiger partial charge in [0.25, 0.3) is 11.6 Å². The second-order valence-corrected chi connectivity index (χ2v) is 5.88. The lowest BCUT2D eigenvalue weighted by Crippen LogP contribution is -2.10. The number of benzene rings is 2. The van der Waals surface area contributed by atoms with E-state index in [-0.39, 0.29) is 37.1 Å². The van der Waals surface area contributed by atoms with Gasteiger partial charge in [0, 0.05) is 17.7 Å². The Morgan fingerprint density at radius 3 is 2.68 bits per heavy atom. The summed E-state index contributed by atoms with van der Waals surface area (Å²) in [5.41, 5.74) is 1.56. The molecule has 3 aromatic rings. The van der Waals surface area contributed by atoms with Crippen LogP contribution in [0.15, 0.2) is 52.9 Å². The van der Waals surface area contributed by atoms with Gasteiger partial charge in [0.05, 0.1) is 18.0 Å². The van der Waals surface area contributed by atoms with E-state index in [9.17, 15) is 14.9 Å². The number of nitro groups is 1. The number of nitro benzene ring substituents is 1. The van der Waals surface area contributed by atoms with Gasteiger partial charge in [-0.2, -0.15) is 0 Å². The first-order valence-corrected chi connectivity index (χ1v) is 8.43. The van der Waals surface area contributed by atoms with Crippen LogP contribution in [0.3, 0.4) is 0 Å². The number of carbonyl (C=O) groups excluding carboxylic acids is 1. The van der Waals surface area contributed by atoms with Crippen molar-refractivity contribution in [1.82, 2.24) is 10.2 Å². The largest absolute Gasteiger partial charge is 0.493 e. The average Bonchev–Trinajstić information content (AvgIpc) is 3.15. The quantitative estimate of drug-likeness (QED) is 0.330. The molecule has 0 fully saturated rings. The Morgan fingerprint density at radius 1 is 1.18 bits per heavy atom. The van der Waals surface area contributed by atoms with Gasteiger partial charge in [-0.15, -0.1) is 10.2 Å². The van der Waals surface area contributed by atoms with Crippen LogP contribution in [0.5, 0.6) is 5.75 Å². The fourth-order valence-electron chi connectivity index (χ4n) is 2.33. The van der Waals surface area contributed by atoms with Crippen LogP contribution in [-0.4, -0.2) is 27.7 Å². The Kier molecular flexibility index (Phi) is 5.95. The molecule has 0 saturated carbocycles. The lowest BCUT2D eigenvalue weighted by molar-refractivity contribution is -0.384. The number of esters is 1. The van der Waals surface area contributed by atoms with Gasteiger partial charge in [-0.25, -0.2) is 0 Å². The molecule has 28 heavy (non-hydrogen) atoms. The highest BCUT2D eigenvalue weighted by atomic mass is 16.6. The van der Waals surface area contributed by atoms with Crippen molar-refractivity contribution in [2.24, 2.45) is 0 Å². The highest BCUT2D eigenvalue weighted by Crippen LogP contribution is 2.21. The number of aromatic nitrogens is 2. The first-order chi connectivity index (χ1) is 13.5. The predicted octanol–water partition coefficient (Wildman–Crippen LogP) is 3.47. The minimum Gasteiger partial charge on any atom is -0.493 e. The summed E-state index contributed by atoms with van der Waals surface area (Å²) < 4.78 is 16.0. The van der Waals surface area contributed by atoms with Crippen molar-refractivity contribution < 1.29 is 23.6 Å². The molecule has 0 unspecified atom stereocenters. The van der Waals surface area contributed by atoms with E-state index >= 15 is 0 Å². The minimum atomic E-state index is -0.495. The molecule has 0 bridgehead atoms. The minimum absolute atomic E-state index is 0.0368. The summed E-state index contributed by atoms with van der Waals surface area (Å²) in [5, 5.41) is 18.3. The van der Waals surface area contributed by atoms with E-state index in [1.165, 1.54) is 24.3 Å². The van der Waals surface area contributed by atoms with Crippen molar-refractivity contribution in [3.8, 4) is 17.2 Å². The van der Waals surface area contributed by atoms with Crippen molar-refractivity contribution >= 4 is 11.7 Å². The standard InChI is InChI=1S/C19H17N3O6/c1-13-3-2-4-16(11-13)26-10-9-18(23)27-12-17-20-21-19(28-17)14-5-7-15(8-6-14)22(24)25/h2-8,11H,9-10,12H2,1H3. The molecule has 9 nitrogen and oxygen atoms in total. The van der Waals surface area contributed by atoms with Crippen molar-refractivity contribution in [2.75, 3.05) is 6.61 Å². The zero-order chi connectivity index (χ0) is 19.9. The third kappa shape index (κ3) is 5.13. The second kappa shape index (κ2) is 8.76. The Balaban J connectivity index is 1.46. The van der Waals surface area contributed by atoms with Crippen LogP contribution in [0.4, 0.5) is 5.69 Å². The first kappa shape index (κ1) is 19.0. The third-order valence-electron chi connectivity index (χ3n) is 3.71. The Hall–Kier alpha value is -3.75. The molecule has 144 valence electrons.